The molecule has 3 aliphatic carbocycles. The SMILES string of the molecule is CN(C)[C@H]1C[C@@]23CC[C@]4(O2)C2CC=C(c5cccc6ccncc56)[C@@]2(C)CCC4(Cl)CC3[C@@H](O)[C@@H]1O. The minimum atomic E-state index is -0.813. The van der Waals surface area contributed by atoms with Gasteiger partial charge in [-0.25, -0.2) is 0 Å². The molecule has 4 fully saturated rings. The number of benzene rings is 1. The Bertz CT molecular complexity index is 1260. The van der Waals surface area contributed by atoms with Gasteiger partial charge in [0.15, 0.2) is 0 Å². The Morgan fingerprint density at radius 3 is 2.69 bits per heavy atom. The van der Waals surface area contributed by atoms with Crippen molar-refractivity contribution in [3.63, 3.8) is 0 Å². The first-order chi connectivity index (χ1) is 17.1. The lowest BCUT2D eigenvalue weighted by atomic mass is 9.52. The molecule has 0 radical (unpaired) electrons. The van der Waals surface area contributed by atoms with Crippen LogP contribution in [-0.4, -0.2) is 68.5 Å². The number of aliphatic hydroxyl groups excluding tert-OH is 2. The lowest BCUT2D eigenvalue weighted by Gasteiger charge is -2.65. The molecular weight excluding hydrogens is 472 g/mol. The van der Waals surface area contributed by atoms with Gasteiger partial charge < -0.3 is 19.8 Å². The van der Waals surface area contributed by atoms with Gasteiger partial charge in [0.25, 0.3) is 0 Å². The number of nitrogens with zero attached hydrogens (tertiary/aromatic N) is 2. The average Bonchev–Trinajstić information content (AvgIpc) is 3.39. The van der Waals surface area contributed by atoms with Crippen molar-refractivity contribution in [2.75, 3.05) is 14.1 Å². The normalized spacial score (nSPS) is 47.4. The Morgan fingerprint density at radius 1 is 1.06 bits per heavy atom. The first-order valence-electron chi connectivity index (χ1n) is 13.6. The smallest absolute Gasteiger partial charge is 0.0958 e. The Morgan fingerprint density at radius 2 is 1.89 bits per heavy atom. The summed E-state index contributed by atoms with van der Waals surface area (Å²) in [6.07, 6.45) is 10.8. The first kappa shape index (κ1) is 23.6. The lowest BCUT2D eigenvalue weighted by molar-refractivity contribution is -0.276. The number of fused-ring (bicyclic) bond motifs is 2. The van der Waals surface area contributed by atoms with Gasteiger partial charge in [-0.05, 0) is 87.0 Å². The van der Waals surface area contributed by atoms with Crippen LogP contribution in [0.2, 0.25) is 0 Å². The fourth-order valence-electron chi connectivity index (χ4n) is 9.33. The van der Waals surface area contributed by atoms with E-state index in [9.17, 15) is 10.2 Å². The number of rotatable bonds is 2. The number of likely N-dealkylation sites (N-methyl/N-ethyl adjacent to an activating group) is 1. The van der Waals surface area contributed by atoms with E-state index in [0.29, 0.717) is 12.3 Å². The summed E-state index contributed by atoms with van der Waals surface area (Å²) in [6, 6.07) is 8.54. The second kappa shape index (κ2) is 7.54. The van der Waals surface area contributed by atoms with Gasteiger partial charge in [-0.1, -0.05) is 31.2 Å². The summed E-state index contributed by atoms with van der Waals surface area (Å²) >= 11 is 7.65. The summed E-state index contributed by atoms with van der Waals surface area (Å²) in [5.41, 5.74) is 1.83. The highest BCUT2D eigenvalue weighted by Gasteiger charge is 2.76. The average molecular weight is 509 g/mol. The molecule has 2 saturated carbocycles. The minimum absolute atomic E-state index is 0.0331. The molecule has 6 heteroatoms. The largest absolute Gasteiger partial charge is 0.390 e. The van der Waals surface area contributed by atoms with Crippen molar-refractivity contribution in [3.05, 3.63) is 48.3 Å². The Kier molecular flexibility index (Phi) is 4.94. The molecule has 5 aliphatic rings. The summed E-state index contributed by atoms with van der Waals surface area (Å²) in [5.74, 6) is 0.166. The van der Waals surface area contributed by atoms with Crippen molar-refractivity contribution < 1.29 is 14.9 Å². The topological polar surface area (TPSA) is 65.8 Å². The summed E-state index contributed by atoms with van der Waals surface area (Å²) in [4.78, 5) is 5.97. The zero-order chi connectivity index (χ0) is 25.1. The quantitative estimate of drug-likeness (QED) is 0.571. The van der Waals surface area contributed by atoms with Gasteiger partial charge in [0, 0.05) is 35.7 Å². The monoisotopic (exact) mass is 508 g/mol. The van der Waals surface area contributed by atoms with Gasteiger partial charge in [0.2, 0.25) is 0 Å². The van der Waals surface area contributed by atoms with E-state index in [-0.39, 0.29) is 17.4 Å². The molecule has 2 aromatic rings. The van der Waals surface area contributed by atoms with E-state index in [1.165, 1.54) is 21.9 Å². The molecule has 3 heterocycles. The van der Waals surface area contributed by atoms with Crippen LogP contribution in [0.25, 0.3) is 16.3 Å². The Labute approximate surface area is 218 Å². The van der Waals surface area contributed by atoms with Gasteiger partial charge in [-0.2, -0.15) is 0 Å². The number of allylic oxidation sites excluding steroid dienone is 2. The predicted molar refractivity (Wildman–Crippen MR) is 142 cm³/mol. The molecular formula is C30H37ClN2O3. The van der Waals surface area contributed by atoms with Crippen molar-refractivity contribution >= 4 is 27.9 Å². The third kappa shape index (κ3) is 2.79. The van der Waals surface area contributed by atoms with Crippen molar-refractivity contribution in [1.82, 2.24) is 9.88 Å². The van der Waals surface area contributed by atoms with Crippen LogP contribution in [0.4, 0.5) is 0 Å². The van der Waals surface area contributed by atoms with Crippen LogP contribution in [0, 0.1) is 17.3 Å². The molecule has 2 N–H and O–H groups in total. The molecule has 1 aromatic heterocycles. The van der Waals surface area contributed by atoms with Crippen LogP contribution in [0.3, 0.4) is 0 Å². The van der Waals surface area contributed by atoms with E-state index < -0.39 is 28.3 Å². The van der Waals surface area contributed by atoms with Gasteiger partial charge in [-0.15, -0.1) is 11.6 Å². The molecule has 2 spiro atoms. The van der Waals surface area contributed by atoms with E-state index in [1.807, 2.05) is 31.4 Å². The third-order valence-corrected chi connectivity index (χ3v) is 11.8. The van der Waals surface area contributed by atoms with Gasteiger partial charge >= 0.3 is 0 Å². The van der Waals surface area contributed by atoms with Crippen molar-refractivity contribution in [2.24, 2.45) is 17.3 Å². The van der Waals surface area contributed by atoms with Crippen LogP contribution in [0.1, 0.15) is 57.4 Å². The first-order valence-corrected chi connectivity index (χ1v) is 14.0. The minimum Gasteiger partial charge on any atom is -0.390 e. The number of pyridine rings is 1. The summed E-state index contributed by atoms with van der Waals surface area (Å²) in [7, 11) is 3.97. The number of ether oxygens (including phenoxy) is 1. The third-order valence-electron chi connectivity index (χ3n) is 11.2. The van der Waals surface area contributed by atoms with Crippen LogP contribution in [0.5, 0.6) is 0 Å². The predicted octanol–water partition coefficient (Wildman–Crippen LogP) is 4.78. The van der Waals surface area contributed by atoms with Crippen molar-refractivity contribution in [2.45, 2.75) is 86.2 Å². The number of halogens is 1. The van der Waals surface area contributed by atoms with Crippen LogP contribution in [-0.2, 0) is 4.74 Å². The van der Waals surface area contributed by atoms with Crippen LogP contribution < -0.4 is 0 Å². The second-order valence-corrected chi connectivity index (χ2v) is 13.5. The van der Waals surface area contributed by atoms with Crippen LogP contribution >= 0.6 is 11.6 Å². The van der Waals surface area contributed by atoms with E-state index in [4.69, 9.17) is 16.3 Å². The van der Waals surface area contributed by atoms with Crippen LogP contribution in [0.15, 0.2) is 42.7 Å². The van der Waals surface area contributed by atoms with E-state index in [0.717, 1.165) is 38.5 Å². The summed E-state index contributed by atoms with van der Waals surface area (Å²) < 4.78 is 7.36. The molecule has 2 saturated heterocycles. The fourth-order valence-corrected chi connectivity index (χ4v) is 9.85. The maximum absolute atomic E-state index is 11.3. The molecule has 2 aliphatic heterocycles. The van der Waals surface area contributed by atoms with Gasteiger partial charge in [0.1, 0.15) is 0 Å². The molecule has 2 bridgehead atoms. The second-order valence-electron chi connectivity index (χ2n) is 12.8. The Balaban J connectivity index is 1.30. The van der Waals surface area contributed by atoms with E-state index in [2.05, 4.69) is 42.2 Å². The van der Waals surface area contributed by atoms with Crippen molar-refractivity contribution in [1.29, 1.82) is 0 Å². The molecule has 192 valence electrons. The highest BCUT2D eigenvalue weighted by Crippen LogP contribution is 2.73. The molecule has 7 rings (SSSR count). The molecule has 3 unspecified atom stereocenters. The van der Waals surface area contributed by atoms with Gasteiger partial charge in [0.05, 0.1) is 28.3 Å². The maximum Gasteiger partial charge on any atom is 0.0958 e. The maximum atomic E-state index is 11.3. The van der Waals surface area contributed by atoms with Crippen molar-refractivity contribution in [3.8, 4) is 0 Å². The summed E-state index contributed by atoms with van der Waals surface area (Å²) in [6.45, 7) is 2.43. The number of alkyl halides is 1. The number of aliphatic hydroxyl groups is 2. The fraction of sp³-hybridized carbons (Fsp3) is 0.633. The molecule has 0 amide bonds. The lowest BCUT2D eigenvalue weighted by Crippen LogP contribution is -2.72. The molecule has 5 nitrogen and oxygen atoms in total. The Hall–Kier alpha value is -1.50. The van der Waals surface area contributed by atoms with E-state index in [1.54, 1.807) is 0 Å². The zero-order valence-electron chi connectivity index (χ0n) is 21.5. The zero-order valence-corrected chi connectivity index (χ0v) is 22.2. The number of aromatic nitrogens is 1. The highest BCUT2D eigenvalue weighted by atomic mass is 35.5. The van der Waals surface area contributed by atoms with Gasteiger partial charge in [-0.3, -0.25) is 4.98 Å². The molecule has 1 aromatic carbocycles. The molecule has 9 atom stereocenters. The highest BCUT2D eigenvalue weighted by molar-refractivity contribution is 6.25. The number of hydrogen-bond acceptors (Lipinski definition) is 5. The standard InChI is InChI=1S/C30H37ClN2O3/c1-27-10-12-29(31)15-22-25(34)26(35)23(33(2)3)16-28(22)11-13-30(29,36-28)24(27)8-7-21(27)19-6-4-5-18-9-14-32-17-20(18)19/h4-7,9,14,17,22-26,34-35H,8,10-13,15-16H2,1-3H3/t22?,23-,24?,25+,26+,27+,28+,29?,30-/m0/s1. The number of hydrogen-bond donors (Lipinski definition) is 2. The summed E-state index contributed by atoms with van der Waals surface area (Å²) in [5, 5.41) is 24.7. The molecule has 36 heavy (non-hydrogen) atoms. The van der Waals surface area contributed by atoms with E-state index >= 15 is 0 Å².